The van der Waals surface area contributed by atoms with Crippen molar-refractivity contribution in [2.24, 2.45) is 0 Å². The van der Waals surface area contributed by atoms with Crippen molar-refractivity contribution in [3.63, 3.8) is 0 Å². The van der Waals surface area contributed by atoms with Crippen LogP contribution in [0.5, 0.6) is 11.5 Å². The summed E-state index contributed by atoms with van der Waals surface area (Å²) in [5.41, 5.74) is -0.531. The Bertz CT molecular complexity index is 1210. The fraction of sp³-hybridized carbons (Fsp3) is 0.0526. The van der Waals surface area contributed by atoms with Crippen molar-refractivity contribution in [3.8, 4) is 11.5 Å². The quantitative estimate of drug-likeness (QED) is 0.311. The van der Waals surface area contributed by atoms with E-state index >= 15 is 0 Å². The second kappa shape index (κ2) is 7.87. The van der Waals surface area contributed by atoms with E-state index in [0.717, 1.165) is 12.1 Å². The van der Waals surface area contributed by atoms with E-state index in [1.54, 1.807) is 0 Å². The van der Waals surface area contributed by atoms with Gasteiger partial charge in [-0.05, 0) is 35.9 Å². The van der Waals surface area contributed by atoms with Crippen molar-refractivity contribution >= 4 is 56.5 Å². The Morgan fingerprint density at radius 2 is 1.45 bits per heavy atom. The van der Waals surface area contributed by atoms with Crippen LogP contribution in [0.15, 0.2) is 54.6 Å². The Balaban J connectivity index is 2.63. The van der Waals surface area contributed by atoms with E-state index in [1.807, 2.05) is 0 Å². The van der Waals surface area contributed by atoms with Crippen LogP contribution in [0.2, 0.25) is 20.1 Å². The molecule has 0 amide bonds. The maximum Gasteiger partial charge on any atom is 0.283 e. The molecule has 0 bridgehead atoms. The number of phenolic OH excluding ortho intramolecular Hbond substituents is 2. The number of aromatic hydroxyl groups is 2. The van der Waals surface area contributed by atoms with Gasteiger partial charge in [0, 0.05) is 16.1 Å². The predicted molar refractivity (Wildman–Crippen MR) is 114 cm³/mol. The van der Waals surface area contributed by atoms with Crippen LogP contribution in [-0.4, -0.2) is 23.2 Å². The van der Waals surface area contributed by atoms with E-state index in [9.17, 15) is 23.2 Å². The molecule has 0 aliphatic rings. The maximum atomic E-state index is 13.0. The Kier molecular flexibility index (Phi) is 5.98. The highest BCUT2D eigenvalue weighted by Gasteiger charge is 2.52. The summed E-state index contributed by atoms with van der Waals surface area (Å²) in [6.07, 6.45) is 0. The minimum atomic E-state index is -5.10. The van der Waals surface area contributed by atoms with E-state index in [1.165, 1.54) is 42.5 Å². The highest BCUT2D eigenvalue weighted by molar-refractivity contribution is 7.87. The zero-order valence-corrected chi connectivity index (χ0v) is 18.1. The Morgan fingerprint density at radius 1 is 0.793 bits per heavy atom. The zero-order valence-electron chi connectivity index (χ0n) is 14.3. The third kappa shape index (κ3) is 3.54. The number of halogens is 4. The van der Waals surface area contributed by atoms with E-state index in [4.69, 9.17) is 46.4 Å². The molecule has 5 nitrogen and oxygen atoms in total. The first-order chi connectivity index (χ1) is 13.5. The minimum Gasteiger partial charge on any atom is -0.506 e. The molecule has 0 saturated heterocycles. The molecule has 3 rings (SSSR count). The summed E-state index contributed by atoms with van der Waals surface area (Å²) < 4.78 is 34.0. The van der Waals surface area contributed by atoms with Crippen LogP contribution >= 0.6 is 46.4 Å². The number of benzene rings is 3. The summed E-state index contributed by atoms with van der Waals surface area (Å²) >= 11 is 24.5. The molecular weight excluding hydrogens is 482 g/mol. The number of hydrogen-bond acceptors (Lipinski definition) is 4. The van der Waals surface area contributed by atoms with Gasteiger partial charge in [-0.1, -0.05) is 70.7 Å². The molecule has 0 saturated carbocycles. The lowest BCUT2D eigenvalue weighted by Crippen LogP contribution is -2.38. The molecule has 0 aliphatic carbocycles. The van der Waals surface area contributed by atoms with Crippen LogP contribution in [0.1, 0.15) is 16.7 Å². The molecule has 3 N–H and O–H groups in total. The summed E-state index contributed by atoms with van der Waals surface area (Å²) in [4.78, 5) is 0. The van der Waals surface area contributed by atoms with Crippen LogP contribution < -0.4 is 0 Å². The molecule has 29 heavy (non-hydrogen) atoms. The first kappa shape index (κ1) is 22.0. The number of hydrogen-bond donors (Lipinski definition) is 3. The fourth-order valence-corrected chi connectivity index (χ4v) is 5.37. The summed E-state index contributed by atoms with van der Waals surface area (Å²) in [6, 6.07) is 12.1. The first-order valence-corrected chi connectivity index (χ1v) is 10.9. The van der Waals surface area contributed by atoms with Crippen LogP contribution in [-0.2, 0) is 14.9 Å². The molecule has 3 aromatic rings. The monoisotopic (exact) mass is 492 g/mol. The van der Waals surface area contributed by atoms with Crippen molar-refractivity contribution in [2.45, 2.75) is 4.75 Å². The molecular formula is C19H12Cl4O5S. The predicted octanol–water partition coefficient (Wildman–Crippen LogP) is 5.89. The van der Waals surface area contributed by atoms with Gasteiger partial charge in [-0.2, -0.15) is 8.42 Å². The van der Waals surface area contributed by atoms with Gasteiger partial charge in [0.2, 0.25) is 0 Å². The van der Waals surface area contributed by atoms with Gasteiger partial charge in [-0.3, -0.25) is 4.55 Å². The molecule has 0 aromatic heterocycles. The summed E-state index contributed by atoms with van der Waals surface area (Å²) in [5, 5.41) is 20.0. The molecule has 3 aromatic carbocycles. The molecule has 0 fully saturated rings. The van der Waals surface area contributed by atoms with Crippen molar-refractivity contribution in [2.75, 3.05) is 0 Å². The molecule has 0 radical (unpaired) electrons. The molecule has 0 aliphatic heterocycles. The van der Waals surface area contributed by atoms with E-state index in [-0.39, 0.29) is 31.8 Å². The van der Waals surface area contributed by atoms with Crippen LogP contribution in [0.3, 0.4) is 0 Å². The summed E-state index contributed by atoms with van der Waals surface area (Å²) in [5.74, 6) is -1.25. The SMILES string of the molecule is O=S(=O)(O)C(c1cccc(Cl)c1)(c1ccc(O)c(Cl)c1O)c1cccc(Cl)c1Cl. The Hall–Kier alpha value is -1.67. The lowest BCUT2D eigenvalue weighted by molar-refractivity contribution is 0.431. The lowest BCUT2D eigenvalue weighted by atomic mass is 9.83. The van der Waals surface area contributed by atoms with E-state index in [2.05, 4.69) is 0 Å². The zero-order chi connectivity index (χ0) is 21.6. The van der Waals surface area contributed by atoms with Gasteiger partial charge >= 0.3 is 0 Å². The molecule has 1 unspecified atom stereocenters. The third-order valence-corrected chi connectivity index (χ3v) is 7.30. The average molecular weight is 494 g/mol. The lowest BCUT2D eigenvalue weighted by Gasteiger charge is -2.34. The molecule has 152 valence electrons. The Labute approximate surface area is 186 Å². The van der Waals surface area contributed by atoms with Gasteiger partial charge in [-0.25, -0.2) is 0 Å². The molecule has 0 spiro atoms. The molecule has 10 heteroatoms. The van der Waals surface area contributed by atoms with Crippen molar-refractivity contribution in [1.29, 1.82) is 0 Å². The van der Waals surface area contributed by atoms with E-state index < -0.39 is 31.4 Å². The normalized spacial score (nSPS) is 13.8. The second-order valence-electron chi connectivity index (χ2n) is 6.06. The van der Waals surface area contributed by atoms with Gasteiger partial charge in [-0.15, -0.1) is 0 Å². The fourth-order valence-electron chi connectivity index (χ4n) is 3.20. The number of phenols is 2. The largest absolute Gasteiger partial charge is 0.506 e. The maximum absolute atomic E-state index is 13.0. The molecule has 0 heterocycles. The first-order valence-electron chi connectivity index (χ1n) is 7.90. The van der Waals surface area contributed by atoms with Crippen molar-refractivity contribution in [3.05, 3.63) is 91.4 Å². The van der Waals surface area contributed by atoms with Gasteiger partial charge in [0.05, 0.1) is 10.0 Å². The summed E-state index contributed by atoms with van der Waals surface area (Å²) in [6.45, 7) is 0. The molecule has 1 atom stereocenters. The standard InChI is InChI=1S/C19H12Cl4O5S/c20-11-4-1-3-10(9-11)19(29(26,27)28,12-5-2-6-14(21)16(12)22)13-7-8-15(24)17(23)18(13)25/h1-9,24-25H,(H,26,27,28). The smallest absolute Gasteiger partial charge is 0.283 e. The van der Waals surface area contributed by atoms with Gasteiger partial charge in [0.15, 0.2) is 4.75 Å². The van der Waals surface area contributed by atoms with Crippen LogP contribution in [0, 0.1) is 0 Å². The van der Waals surface area contributed by atoms with Crippen molar-refractivity contribution in [1.82, 2.24) is 0 Å². The third-order valence-electron chi connectivity index (χ3n) is 4.42. The van der Waals surface area contributed by atoms with Crippen LogP contribution in [0.25, 0.3) is 0 Å². The van der Waals surface area contributed by atoms with Crippen LogP contribution in [0.4, 0.5) is 0 Å². The van der Waals surface area contributed by atoms with Gasteiger partial charge in [0.25, 0.3) is 10.1 Å². The second-order valence-corrected chi connectivity index (χ2v) is 9.22. The highest BCUT2D eigenvalue weighted by atomic mass is 35.5. The number of rotatable bonds is 4. The summed E-state index contributed by atoms with van der Waals surface area (Å²) in [7, 11) is -5.10. The minimum absolute atomic E-state index is 0.0172. The van der Waals surface area contributed by atoms with Gasteiger partial charge < -0.3 is 10.2 Å². The van der Waals surface area contributed by atoms with Gasteiger partial charge in [0.1, 0.15) is 16.5 Å². The van der Waals surface area contributed by atoms with E-state index in [0.29, 0.717) is 0 Å². The highest BCUT2D eigenvalue weighted by Crippen LogP contribution is 2.52. The Morgan fingerprint density at radius 3 is 2.07 bits per heavy atom. The average Bonchev–Trinajstić information content (AvgIpc) is 2.64. The van der Waals surface area contributed by atoms with Crippen molar-refractivity contribution < 1.29 is 23.2 Å². The topological polar surface area (TPSA) is 94.8 Å².